The van der Waals surface area contributed by atoms with Crippen LogP contribution in [-0.4, -0.2) is 369 Å². The maximum Gasteiger partial charge on any atom is 3.00 e. The Bertz CT molecular complexity index is 4530. The molecule has 0 aromatic rings. The van der Waals surface area contributed by atoms with E-state index in [1.165, 1.54) is 0 Å². The van der Waals surface area contributed by atoms with E-state index in [1.54, 1.807) is 0 Å². The number of carbonyl (C=O) groups excluding carboxylic acids is 20. The summed E-state index contributed by atoms with van der Waals surface area (Å²) in [5.41, 5.74) is 0. The third-order valence-electron chi connectivity index (χ3n) is 12.7. The predicted octanol–water partition coefficient (Wildman–Crippen LogP) is -27.5. The van der Waals surface area contributed by atoms with Gasteiger partial charge in [-0.1, -0.05) is 0 Å². The summed E-state index contributed by atoms with van der Waals surface area (Å²) < 4.78 is 240. The molecule has 0 spiro atoms. The fourth-order valence-corrected chi connectivity index (χ4v) is 16.2. The molecule has 0 atom stereocenters. The van der Waals surface area contributed by atoms with Gasteiger partial charge in [-0.25, -0.2) is 0 Å². The van der Waals surface area contributed by atoms with Gasteiger partial charge in [0.05, 0.1) is 71.6 Å². The summed E-state index contributed by atoms with van der Waals surface area (Å²) in [6.07, 6.45) is 3.78. The molecule has 0 aromatic carbocycles. The van der Waals surface area contributed by atoms with Crippen molar-refractivity contribution in [3.8, 4) is 0 Å². The average molecular weight is 2160 g/mol. The first-order chi connectivity index (χ1) is 55.8. The molecule has 714 valence electrons. The number of rotatable bonds is 41. The van der Waals surface area contributed by atoms with Gasteiger partial charge in [0.25, 0.3) is 80.9 Å². The van der Waals surface area contributed by atoms with E-state index in [9.17, 15) is 225 Å². The topological polar surface area (TPSA) is 1070 Å². The van der Waals surface area contributed by atoms with Gasteiger partial charge in [-0.2, -0.15) is 67.3 Å². The largest absolute Gasteiger partial charge is 3.00 e. The molecule has 4 rings (SSSR count). The first-order valence-corrected chi connectivity index (χ1v) is 41.9. The number of hydrogen-bond donors (Lipinski definition) is 8. The van der Waals surface area contributed by atoms with E-state index in [4.69, 9.17) is 36.4 Å². The monoisotopic (exact) mass is 2160 g/mol. The number of carboxylic acids is 12. The van der Waals surface area contributed by atoms with Gasteiger partial charge in [0, 0.05) is 118 Å². The van der Waals surface area contributed by atoms with Crippen LogP contribution in [0, 0.1) is 0 Å². The molecule has 4 radical (unpaired) electrons. The molecule has 4 aliphatic carbocycles. The van der Waals surface area contributed by atoms with Crippen molar-refractivity contribution in [2.75, 3.05) is 118 Å². The van der Waals surface area contributed by atoms with Gasteiger partial charge >= 0.3 is 68.3 Å². The van der Waals surface area contributed by atoms with Crippen molar-refractivity contribution in [2.24, 2.45) is 0 Å². The van der Waals surface area contributed by atoms with Crippen LogP contribution in [-0.2, 0) is 245 Å². The Morgan fingerprint density at radius 2 is 0.242 bits per heavy atom. The van der Waals surface area contributed by atoms with Crippen LogP contribution in [0.3, 0.4) is 0 Å². The molecule has 0 amide bonds. The van der Waals surface area contributed by atoms with E-state index in [0.29, 0.717) is 48.6 Å². The molecule has 0 saturated heterocycles. The zero-order chi connectivity index (χ0) is 98.0. The zero-order valence-electron chi connectivity index (χ0n) is 61.9. The summed E-state index contributed by atoms with van der Waals surface area (Å²) in [6, 6.07) is 0. The molecule has 4 aliphatic rings. The van der Waals surface area contributed by atoms with Crippen LogP contribution in [0.1, 0.15) is 0 Å². The summed E-state index contributed by atoms with van der Waals surface area (Å²) in [4.78, 5) is 205. The van der Waals surface area contributed by atoms with E-state index in [2.05, 4.69) is 0 Å². The van der Waals surface area contributed by atoms with Crippen molar-refractivity contribution in [1.82, 2.24) is 29.4 Å². The molecule has 62 nitrogen and oxygen atoms in total. The Morgan fingerprint density at radius 3 is 0.289 bits per heavy atom. The molecule has 0 bridgehead atoms. The zero-order valence-corrected chi connectivity index (χ0v) is 72.8. The Morgan fingerprint density at radius 1 is 0.180 bits per heavy atom. The standard InChI is InChI=1S/3C10H16N2O8.4C6H4O8S2.4Fe/c3*13-7(14)3-11(4-8(15)16)1-2-12(5-9(17)18)6-10(19)20;4*7-3-1-2-4(8)6(16(12,13)14)5(3)15(9,10)11;;;;/h3*1-6H2,(H,13,14)(H,15,16)(H,17,18)(H,19,20);4*1-2H,(H,9,10,11)(H,12,13,14);;;;/q;;;;;;;4*+3/p-12. The van der Waals surface area contributed by atoms with E-state index >= 15 is 0 Å². The normalized spacial score (nSPS) is 14.1. The van der Waals surface area contributed by atoms with Crippen molar-refractivity contribution < 1.29 is 329 Å². The summed E-state index contributed by atoms with van der Waals surface area (Å²) in [6.45, 7) is -9.75. The summed E-state index contributed by atoms with van der Waals surface area (Å²) in [5.74, 6) is -29.6. The number of hydrogen-bond acceptors (Lipinski definition) is 54. The third-order valence-corrected chi connectivity index (χ3v) is 20.5. The molecule has 128 heavy (non-hydrogen) atoms. The minimum atomic E-state index is -5.22. The maximum absolute atomic E-state index is 11.0. The molecule has 0 unspecified atom stereocenters. The van der Waals surface area contributed by atoms with Gasteiger partial charge in [0.1, 0.15) is 0 Å². The Kier molecular flexibility index (Phi) is 58.6. The molecule has 0 heterocycles. The first-order valence-electron chi connectivity index (χ1n) is 30.4. The van der Waals surface area contributed by atoms with Crippen molar-refractivity contribution in [2.45, 2.75) is 0 Å². The number of carbonyl (C=O) groups is 20. The second-order valence-corrected chi connectivity index (χ2v) is 33.3. The van der Waals surface area contributed by atoms with Crippen LogP contribution in [0.25, 0.3) is 0 Å². The van der Waals surface area contributed by atoms with Crippen molar-refractivity contribution in [3.63, 3.8) is 0 Å². The molecule has 0 aliphatic heterocycles. The average Bonchev–Trinajstić information content (AvgIpc) is 0.789. The molecule has 74 heteroatoms. The SMILES string of the molecule is O=C([O-])CN(CCN(CC(=O)[O-])CC(=O)[O-])CC(=O)[O-].O=C([O-])CN(CCN(CC(=O)[O-])CC(=O)[O-])CC(=O)[O-].O=C([O-])CN(CCN(CC(=O)[O-])CC(=O)[O-])CC(=O)[O-].O=C1C=CC(=O)C(S(=O)(=O)O)=C1S(=O)(=O)O.O=C1C=CC(=O)C(S(=O)(=O)O)=C1S(=O)(=O)O.O=C1C=CC(=O)C(S(=O)(=O)O)=C1S(=O)(=O)O.O=C1C=CC(=O)C(S(=O)(=O)O)=C1S(=O)(=O)O.[Fe+3].[Fe+3].[Fe+3].[Fe+3]. The van der Waals surface area contributed by atoms with Crippen LogP contribution < -0.4 is 61.3 Å². The second-order valence-electron chi connectivity index (χ2n) is 22.4. The van der Waals surface area contributed by atoms with E-state index < -0.39 is 317 Å². The van der Waals surface area contributed by atoms with Gasteiger partial charge in [0.15, 0.2) is 39.2 Å². The third kappa shape index (κ3) is 53.7. The second kappa shape index (κ2) is 57.2. The Labute approximate surface area is 757 Å². The smallest absolute Gasteiger partial charge is 0.549 e. The Balaban J connectivity index is -0.000000266. The van der Waals surface area contributed by atoms with Gasteiger partial charge in [-0.05, 0) is 48.6 Å². The number of nitrogens with zero attached hydrogens (tertiary/aromatic N) is 6. The minimum Gasteiger partial charge on any atom is -0.549 e. The molecule has 0 aromatic heterocycles. The van der Waals surface area contributed by atoms with Gasteiger partial charge in [-0.3, -0.25) is 104 Å². The number of ketones is 8. The van der Waals surface area contributed by atoms with Gasteiger partial charge < -0.3 is 119 Å². The van der Waals surface area contributed by atoms with E-state index in [0.717, 1.165) is 29.4 Å². The molecular formula is C54H52Fe4N6O56S8. The fraction of sp³-hybridized carbons (Fsp3) is 0.333. The summed E-state index contributed by atoms with van der Waals surface area (Å²) >= 11 is 0. The number of carboxylic acid groups (broad SMARTS) is 12. The quantitative estimate of drug-likeness (QED) is 0.0160. The molecule has 0 saturated carbocycles. The molecule has 0 fully saturated rings. The van der Waals surface area contributed by atoms with Crippen molar-refractivity contribution in [1.29, 1.82) is 0 Å². The number of aliphatic carboxylic acids is 12. The van der Waals surface area contributed by atoms with Crippen LogP contribution >= 0.6 is 0 Å². The van der Waals surface area contributed by atoms with E-state index in [1.807, 2.05) is 0 Å². The van der Waals surface area contributed by atoms with Crippen LogP contribution in [0.4, 0.5) is 0 Å². The van der Waals surface area contributed by atoms with Gasteiger partial charge in [-0.15, -0.1) is 0 Å². The minimum absolute atomic E-state index is 0. The Hall–Kier alpha value is -9.96. The maximum atomic E-state index is 11.0. The van der Waals surface area contributed by atoms with Crippen LogP contribution in [0.5, 0.6) is 0 Å². The summed E-state index contributed by atoms with van der Waals surface area (Å²) in [5, 5.41) is 125. The van der Waals surface area contributed by atoms with Crippen LogP contribution in [0.15, 0.2) is 87.8 Å². The molecule has 8 N–H and O–H groups in total. The van der Waals surface area contributed by atoms with E-state index in [-0.39, 0.29) is 108 Å². The van der Waals surface area contributed by atoms with Crippen molar-refractivity contribution >= 4 is 199 Å². The van der Waals surface area contributed by atoms with Gasteiger partial charge in [0.2, 0.25) is 46.3 Å². The fourth-order valence-electron chi connectivity index (χ4n) is 8.38. The molecular weight excluding hydrogens is 2110 g/mol. The number of allylic oxidation sites excluding steroid dienone is 16. The van der Waals surface area contributed by atoms with Crippen LogP contribution in [0.2, 0.25) is 0 Å². The summed E-state index contributed by atoms with van der Waals surface area (Å²) in [7, 11) is -41.8. The predicted molar refractivity (Wildman–Crippen MR) is 356 cm³/mol. The van der Waals surface area contributed by atoms with Crippen molar-refractivity contribution in [3.05, 3.63) is 87.8 Å². The first kappa shape index (κ1) is 131.